The molecule has 2 heterocycles. The summed E-state index contributed by atoms with van der Waals surface area (Å²) >= 11 is 0. The van der Waals surface area contributed by atoms with Gasteiger partial charge in [0.1, 0.15) is 18.2 Å². The largest absolute Gasteiger partial charge is 0.467 e. The van der Waals surface area contributed by atoms with Crippen LogP contribution >= 0.6 is 0 Å². The lowest BCUT2D eigenvalue weighted by Gasteiger charge is -2.40. The Hall–Kier alpha value is -2.77. The molecule has 0 radical (unpaired) electrons. The minimum absolute atomic E-state index is 0.0281. The summed E-state index contributed by atoms with van der Waals surface area (Å²) in [6.07, 6.45) is 1.90. The zero-order valence-corrected chi connectivity index (χ0v) is 18.6. The summed E-state index contributed by atoms with van der Waals surface area (Å²) in [4.78, 5) is 39.3. The number of piperidine rings is 1. The summed E-state index contributed by atoms with van der Waals surface area (Å²) in [7, 11) is 1.30. The van der Waals surface area contributed by atoms with Crippen LogP contribution in [0.25, 0.3) is 0 Å². The van der Waals surface area contributed by atoms with Gasteiger partial charge >= 0.3 is 18.2 Å². The lowest BCUT2D eigenvalue weighted by atomic mass is 9.85. The van der Waals surface area contributed by atoms with Gasteiger partial charge in [-0.05, 0) is 57.9 Å². The summed E-state index contributed by atoms with van der Waals surface area (Å²) < 4.78 is 15.8. The second-order valence-corrected chi connectivity index (χ2v) is 9.21. The number of amides is 2. The van der Waals surface area contributed by atoms with E-state index < -0.39 is 23.7 Å². The summed E-state index contributed by atoms with van der Waals surface area (Å²) in [6, 6.07) is 8.69. The van der Waals surface area contributed by atoms with Crippen LogP contribution in [-0.2, 0) is 25.6 Å². The van der Waals surface area contributed by atoms with Crippen LogP contribution in [0, 0.1) is 5.92 Å². The third-order valence-electron chi connectivity index (χ3n) is 5.78. The van der Waals surface area contributed by atoms with E-state index in [9.17, 15) is 14.4 Å². The lowest BCUT2D eigenvalue weighted by Crippen LogP contribution is -2.54. The molecule has 2 bridgehead atoms. The minimum Gasteiger partial charge on any atom is -0.467 e. The van der Waals surface area contributed by atoms with Crippen molar-refractivity contribution in [1.82, 2.24) is 10.2 Å². The number of nitrogens with one attached hydrogen (secondary N) is 1. The molecule has 2 fully saturated rings. The van der Waals surface area contributed by atoms with Crippen LogP contribution in [0.4, 0.5) is 9.59 Å². The van der Waals surface area contributed by atoms with E-state index in [-0.39, 0.29) is 30.7 Å². The van der Waals surface area contributed by atoms with Crippen molar-refractivity contribution in [2.45, 2.75) is 76.8 Å². The van der Waals surface area contributed by atoms with E-state index in [1.165, 1.54) is 7.11 Å². The molecule has 8 heteroatoms. The minimum atomic E-state index is -0.814. The normalized spacial score (nSPS) is 23.6. The van der Waals surface area contributed by atoms with Crippen LogP contribution in [0.1, 0.15) is 52.0 Å². The number of carbonyl (C=O) groups is 3. The van der Waals surface area contributed by atoms with E-state index in [1.54, 1.807) is 25.7 Å². The van der Waals surface area contributed by atoms with Crippen LogP contribution in [0.5, 0.6) is 0 Å². The molecule has 170 valence electrons. The monoisotopic (exact) mass is 432 g/mol. The molecule has 8 nitrogen and oxygen atoms in total. The van der Waals surface area contributed by atoms with Gasteiger partial charge in [-0.15, -0.1) is 0 Å². The summed E-state index contributed by atoms with van der Waals surface area (Å²) in [6.45, 7) is 5.52. The number of fused-ring (bicyclic) bond motifs is 2. The standard InChI is InChI=1S/C23H32N2O6/c1-23(2,3)31-21(27)24-19(20(26)29-4)16-12-17-10-11-18(13-16)25(17)22(28)30-14-15-8-6-5-7-9-15/h5-9,16-19H,10-14H2,1-4H3,(H,24,27). The van der Waals surface area contributed by atoms with Gasteiger partial charge in [-0.25, -0.2) is 14.4 Å². The van der Waals surface area contributed by atoms with Crippen LogP contribution in [0.3, 0.4) is 0 Å². The Morgan fingerprint density at radius 2 is 1.71 bits per heavy atom. The van der Waals surface area contributed by atoms with Gasteiger partial charge in [0.25, 0.3) is 0 Å². The lowest BCUT2D eigenvalue weighted by molar-refractivity contribution is -0.145. The molecule has 3 atom stereocenters. The fourth-order valence-electron chi connectivity index (χ4n) is 4.51. The van der Waals surface area contributed by atoms with Crippen molar-refractivity contribution in [3.05, 3.63) is 35.9 Å². The Bertz CT molecular complexity index is 777. The maximum atomic E-state index is 12.8. The van der Waals surface area contributed by atoms with Crippen LogP contribution in [0.15, 0.2) is 30.3 Å². The van der Waals surface area contributed by atoms with E-state index in [0.29, 0.717) is 12.8 Å². The van der Waals surface area contributed by atoms with Crippen LogP contribution in [-0.4, -0.2) is 53.9 Å². The average Bonchev–Trinajstić information content (AvgIpc) is 2.99. The molecular formula is C23H32N2O6. The number of methoxy groups -OCH3 is 1. The third kappa shape index (κ3) is 5.89. The third-order valence-corrected chi connectivity index (χ3v) is 5.78. The molecule has 1 aromatic carbocycles. The predicted octanol–water partition coefficient (Wildman–Crippen LogP) is 3.63. The zero-order valence-electron chi connectivity index (χ0n) is 18.6. The van der Waals surface area contributed by atoms with E-state index in [4.69, 9.17) is 14.2 Å². The topological polar surface area (TPSA) is 94.2 Å². The van der Waals surface area contributed by atoms with Gasteiger partial charge in [-0.1, -0.05) is 30.3 Å². The highest BCUT2D eigenvalue weighted by atomic mass is 16.6. The molecule has 0 aliphatic carbocycles. The second-order valence-electron chi connectivity index (χ2n) is 9.21. The van der Waals surface area contributed by atoms with E-state index in [2.05, 4.69) is 5.32 Å². The molecule has 3 rings (SSSR count). The van der Waals surface area contributed by atoms with Crippen molar-refractivity contribution >= 4 is 18.2 Å². The summed E-state index contributed by atoms with van der Waals surface area (Å²) in [5.74, 6) is -0.647. The molecule has 3 unspecified atom stereocenters. The first-order valence-electron chi connectivity index (χ1n) is 10.7. The maximum absolute atomic E-state index is 12.8. The molecule has 0 spiro atoms. The predicted molar refractivity (Wildman–Crippen MR) is 113 cm³/mol. The number of alkyl carbamates (subject to hydrolysis) is 1. The van der Waals surface area contributed by atoms with Gasteiger partial charge in [0.15, 0.2) is 0 Å². The SMILES string of the molecule is COC(=O)C(NC(=O)OC(C)(C)C)C1CC2CCC(C1)N2C(=O)OCc1ccccc1. The molecule has 31 heavy (non-hydrogen) atoms. The zero-order chi connectivity index (χ0) is 22.6. The number of carbonyl (C=O) groups excluding carboxylic acids is 3. The van der Waals surface area contributed by atoms with Crippen molar-refractivity contribution in [3.63, 3.8) is 0 Å². The van der Waals surface area contributed by atoms with E-state index >= 15 is 0 Å². The highest BCUT2D eigenvalue weighted by Crippen LogP contribution is 2.40. The maximum Gasteiger partial charge on any atom is 0.410 e. The number of ether oxygens (including phenoxy) is 3. The molecule has 1 N–H and O–H groups in total. The summed E-state index contributed by atoms with van der Waals surface area (Å²) in [5, 5.41) is 2.68. The first kappa shape index (κ1) is 22.9. The van der Waals surface area contributed by atoms with Gasteiger partial charge in [0, 0.05) is 12.1 Å². The molecule has 1 aromatic rings. The van der Waals surface area contributed by atoms with E-state index in [1.807, 2.05) is 30.3 Å². The van der Waals surface area contributed by atoms with Crippen molar-refractivity contribution in [3.8, 4) is 0 Å². The Labute approximate surface area is 183 Å². The quantitative estimate of drug-likeness (QED) is 0.564. The first-order valence-corrected chi connectivity index (χ1v) is 10.7. The number of benzene rings is 1. The number of rotatable bonds is 5. The number of esters is 1. The molecule has 0 saturated carbocycles. The number of hydrogen-bond acceptors (Lipinski definition) is 6. The van der Waals surface area contributed by atoms with E-state index in [0.717, 1.165) is 18.4 Å². The van der Waals surface area contributed by atoms with Gasteiger partial charge < -0.3 is 24.4 Å². The Morgan fingerprint density at radius 3 is 2.26 bits per heavy atom. The van der Waals surface area contributed by atoms with Crippen molar-refractivity contribution in [2.75, 3.05) is 7.11 Å². The van der Waals surface area contributed by atoms with Gasteiger partial charge in [-0.2, -0.15) is 0 Å². The van der Waals surface area contributed by atoms with Gasteiger partial charge in [0.05, 0.1) is 7.11 Å². The first-order chi connectivity index (χ1) is 14.7. The fraction of sp³-hybridized carbons (Fsp3) is 0.609. The smallest absolute Gasteiger partial charge is 0.410 e. The fourth-order valence-corrected chi connectivity index (χ4v) is 4.51. The molecule has 2 amide bonds. The van der Waals surface area contributed by atoms with Gasteiger partial charge in [-0.3, -0.25) is 0 Å². The Balaban J connectivity index is 1.63. The van der Waals surface area contributed by atoms with Crippen LogP contribution in [0.2, 0.25) is 0 Å². The number of nitrogens with zero attached hydrogens (tertiary/aromatic N) is 1. The van der Waals surface area contributed by atoms with Crippen LogP contribution < -0.4 is 5.32 Å². The molecule has 2 aliphatic rings. The van der Waals surface area contributed by atoms with Gasteiger partial charge in [0.2, 0.25) is 0 Å². The highest BCUT2D eigenvalue weighted by molar-refractivity contribution is 5.81. The average molecular weight is 433 g/mol. The molecule has 2 aliphatic heterocycles. The highest BCUT2D eigenvalue weighted by Gasteiger charge is 2.48. The van der Waals surface area contributed by atoms with Crippen molar-refractivity contribution in [2.24, 2.45) is 5.92 Å². The molecule has 0 aromatic heterocycles. The second kappa shape index (κ2) is 9.58. The Kier molecular flexibility index (Phi) is 7.08. The Morgan fingerprint density at radius 1 is 1.10 bits per heavy atom. The summed E-state index contributed by atoms with van der Waals surface area (Å²) in [5.41, 5.74) is 0.265. The van der Waals surface area contributed by atoms with Crippen molar-refractivity contribution in [1.29, 1.82) is 0 Å². The molecular weight excluding hydrogens is 400 g/mol. The van der Waals surface area contributed by atoms with Crippen molar-refractivity contribution < 1.29 is 28.6 Å². The number of hydrogen-bond donors (Lipinski definition) is 1. The molecule has 2 saturated heterocycles.